The summed E-state index contributed by atoms with van der Waals surface area (Å²) in [5, 5.41) is 25.5. The van der Waals surface area contributed by atoms with Gasteiger partial charge < -0.3 is 19.8 Å². The fourth-order valence-corrected chi connectivity index (χ4v) is 44.2. The van der Waals surface area contributed by atoms with Gasteiger partial charge in [0.25, 0.3) is 0 Å². The number of fused-ring (bicyclic) bond motifs is 12. The Balaban J connectivity index is 0.000000155. The molecule has 620 valence electrons. The van der Waals surface area contributed by atoms with Gasteiger partial charge in [-0.1, -0.05) is 399 Å². The normalized spacial score (nSPS) is 12.9. The molecule has 0 saturated heterocycles. The van der Waals surface area contributed by atoms with E-state index in [2.05, 4.69) is 459 Å². The predicted octanol–water partition coefficient (Wildman–Crippen LogP) is 17.3. The predicted molar refractivity (Wildman–Crippen MR) is 547 cm³/mol. The molecule has 0 bridgehead atoms. The van der Waals surface area contributed by atoms with Gasteiger partial charge in [0, 0.05) is 45.6 Å². The van der Waals surface area contributed by atoms with Crippen molar-refractivity contribution in [1.82, 2.24) is 19.9 Å². The van der Waals surface area contributed by atoms with E-state index in [4.69, 9.17) is 19.9 Å². The second-order valence-corrected chi connectivity index (χ2v) is 49.3. The summed E-state index contributed by atoms with van der Waals surface area (Å²) in [6.45, 7) is 0. The van der Waals surface area contributed by atoms with Gasteiger partial charge in [-0.3, -0.25) is 0 Å². The van der Waals surface area contributed by atoms with E-state index >= 15 is 0 Å². The molecule has 0 unspecified atom stereocenters. The summed E-state index contributed by atoms with van der Waals surface area (Å²) in [5.41, 5.74) is 8.09. The number of rotatable bonds is 16. The third-order valence-corrected chi connectivity index (χ3v) is 47.6. The Morgan fingerprint density at radius 2 is 0.577 bits per heavy atom. The second-order valence-electron chi connectivity index (χ2n) is 32.4. The summed E-state index contributed by atoms with van der Waals surface area (Å²) in [6, 6.07) is 182. The zero-order valence-corrected chi connectivity index (χ0v) is 78.9. The maximum atomic E-state index is 5.16. The molecule has 6 nitrogen and oxygen atoms in total. The zero-order chi connectivity index (χ0) is 85.0. The molecule has 0 saturated carbocycles. The van der Waals surface area contributed by atoms with Gasteiger partial charge in [-0.05, 0) is 109 Å². The molecule has 0 radical (unpaired) electrons. The van der Waals surface area contributed by atoms with Gasteiger partial charge in [-0.2, -0.15) is 23.5 Å². The molecular weight excluding hydrogens is 1870 g/mol. The Hall–Kier alpha value is -13.6. The molecular formula is C116H78N6Pd2S2Si4. The van der Waals surface area contributed by atoms with Crippen molar-refractivity contribution < 1.29 is 40.8 Å². The molecule has 0 atom stereocenters. The molecule has 130 heavy (non-hydrogen) atoms. The molecule has 24 rings (SSSR count). The minimum atomic E-state index is -3.36. The molecule has 16 aromatic carbocycles. The van der Waals surface area contributed by atoms with Crippen molar-refractivity contribution in [1.29, 1.82) is 0 Å². The molecule has 0 N–H and O–H groups in total. The fraction of sp³-hybridized carbons (Fsp3) is 0. The minimum Gasteiger partial charge on any atom is -0.319 e. The van der Waals surface area contributed by atoms with Crippen LogP contribution in [0.15, 0.2) is 474 Å². The van der Waals surface area contributed by atoms with Crippen molar-refractivity contribution in [2.45, 2.75) is 0 Å². The van der Waals surface area contributed by atoms with E-state index in [9.17, 15) is 0 Å². The van der Waals surface area contributed by atoms with E-state index in [1.807, 2.05) is 71.7 Å². The molecule has 14 heteroatoms. The molecule has 0 spiro atoms. The van der Waals surface area contributed by atoms with E-state index < -0.39 is 32.3 Å². The number of benzene rings is 16. The van der Waals surface area contributed by atoms with Crippen molar-refractivity contribution in [3.8, 4) is 22.5 Å². The Kier molecular flexibility index (Phi) is 22.7. The van der Waals surface area contributed by atoms with Crippen molar-refractivity contribution in [3.63, 3.8) is 0 Å². The first-order valence-corrected chi connectivity index (χ1v) is 53.0. The summed E-state index contributed by atoms with van der Waals surface area (Å²) in [4.78, 5) is 24.8. The average Bonchev–Trinajstić information content (AvgIpc) is 1.33. The number of thiophene rings is 2. The topological polar surface area (TPSA) is 58.0 Å². The largest absolute Gasteiger partial charge is 2.00 e. The quantitative estimate of drug-likeness (QED) is 0.0546. The van der Waals surface area contributed by atoms with Crippen LogP contribution in [0.2, 0.25) is 0 Å². The van der Waals surface area contributed by atoms with Gasteiger partial charge in [-0.15, -0.1) is 102 Å². The van der Waals surface area contributed by atoms with Crippen molar-refractivity contribution in [2.75, 3.05) is 9.80 Å². The molecule has 0 fully saturated rings. The molecule has 2 aliphatic rings. The van der Waals surface area contributed by atoms with Gasteiger partial charge in [0.1, 0.15) is 43.9 Å². The van der Waals surface area contributed by atoms with E-state index in [-0.39, 0.29) is 40.8 Å². The van der Waals surface area contributed by atoms with E-state index in [0.717, 1.165) is 67.3 Å². The number of para-hydroxylation sites is 2. The number of hydrogen-bond acceptors (Lipinski definition) is 8. The summed E-state index contributed by atoms with van der Waals surface area (Å²) < 4.78 is 5.07. The van der Waals surface area contributed by atoms with Gasteiger partial charge in [0.15, 0.2) is 0 Å². The van der Waals surface area contributed by atoms with Gasteiger partial charge in [0.2, 0.25) is 0 Å². The first kappa shape index (κ1) is 83.3. The molecule has 8 heterocycles. The third kappa shape index (κ3) is 13.5. The van der Waals surface area contributed by atoms with Crippen molar-refractivity contribution >= 4 is 213 Å². The van der Waals surface area contributed by atoms with Crippen molar-refractivity contribution in [3.05, 3.63) is 498 Å². The maximum Gasteiger partial charge on any atom is 2.00 e. The summed E-state index contributed by atoms with van der Waals surface area (Å²) in [6.07, 6.45) is 7.56. The molecule has 0 aliphatic carbocycles. The van der Waals surface area contributed by atoms with Gasteiger partial charge in [0.05, 0.1) is 0 Å². The smallest absolute Gasteiger partial charge is 0.319 e. The van der Waals surface area contributed by atoms with Crippen LogP contribution in [0.25, 0.3) is 62.9 Å². The van der Waals surface area contributed by atoms with Crippen LogP contribution in [0.5, 0.6) is 0 Å². The first-order chi connectivity index (χ1) is 63.5. The summed E-state index contributed by atoms with van der Waals surface area (Å²) in [7, 11) is -13.0. The zero-order valence-electron chi connectivity index (χ0n) is 70.2. The first-order valence-electron chi connectivity index (χ1n) is 43.3. The Morgan fingerprint density at radius 1 is 0.254 bits per heavy atom. The van der Waals surface area contributed by atoms with Crippen LogP contribution >= 0.6 is 22.7 Å². The number of anilines is 6. The molecule has 22 aromatic rings. The van der Waals surface area contributed by atoms with Crippen LogP contribution in [-0.4, -0.2) is 52.2 Å². The average molecular weight is 1950 g/mol. The third-order valence-electron chi connectivity index (χ3n) is 25.8. The fourth-order valence-electron chi connectivity index (χ4n) is 20.7. The van der Waals surface area contributed by atoms with Crippen LogP contribution < -0.4 is 92.8 Å². The number of aromatic nitrogens is 4. The van der Waals surface area contributed by atoms with E-state index in [1.54, 1.807) is 0 Å². The molecule has 0 amide bonds. The van der Waals surface area contributed by atoms with Crippen LogP contribution in [0, 0.1) is 24.3 Å². The van der Waals surface area contributed by atoms with E-state index in [0.29, 0.717) is 0 Å². The summed E-state index contributed by atoms with van der Waals surface area (Å²) in [5.74, 6) is 1.72. The maximum absolute atomic E-state index is 5.16. The molecule has 6 aromatic heterocycles. The van der Waals surface area contributed by atoms with E-state index in [1.165, 1.54) is 113 Å². The Labute approximate surface area is 796 Å². The van der Waals surface area contributed by atoms with Gasteiger partial charge >= 0.3 is 40.8 Å². The number of pyridine rings is 4. The Bertz CT molecular complexity index is 7660. The van der Waals surface area contributed by atoms with Crippen LogP contribution in [0.4, 0.5) is 34.4 Å². The van der Waals surface area contributed by atoms with Crippen LogP contribution in [0.1, 0.15) is 0 Å². The number of hydrogen-bond donors (Lipinski definition) is 0. The second kappa shape index (κ2) is 35.4. The standard InChI is InChI=1S/2C58H39N3SSi2.2Pd/c1-5-23-43(24-6-1)63(44-25-7-2-8-26-44,47-31-21-22-42(40-47)49-33-17-19-38-59-49)54-41-51-58(56-48-32-13-15-35-52(48)62-57(54)56)64(45-27-9-3-10-28-45,46-29-11-4-12-30-46)53-36-16-14-34-50(53)61(51)55-37-18-20-39-60-55;1-5-23-43(24-6-1)63(44-25-7-2-8-26-44,47-31-21-22-42(40-47)49-33-17-19-38-59-49)54-41-51-58(57-56(54)48-32-13-15-35-52(48)62-57)64(45-27-9-3-10-28-45,46-29-11-4-12-30-46)53-36-16-14-34-50(53)61(51)55-37-18-20-39-60-55;;/h2*1-39H;;/q2*-2;2*+2. The number of nitrogens with zero attached hydrogens (tertiary/aromatic N) is 6. The van der Waals surface area contributed by atoms with Gasteiger partial charge in [-0.25, -0.2) is 21.3 Å². The monoisotopic (exact) mass is 1940 g/mol. The molecule has 2 aliphatic heterocycles. The minimum absolute atomic E-state index is 0. The van der Waals surface area contributed by atoms with Crippen LogP contribution in [-0.2, 0) is 40.8 Å². The summed E-state index contributed by atoms with van der Waals surface area (Å²) >= 11 is 3.83. The Morgan fingerprint density at radius 3 is 0.977 bits per heavy atom. The SMILES string of the molecule is [Pd+2].[Pd+2].[c-]1c(-c2ccccn2)cccc1[Si](c1ccccc1)(c1ccccc1)c1[c-]c2c(c3c1sc1ccccc13)[Si](c1ccccc1)(c1ccccc1)c1ccccc1N2c1ccccn1.[c-]1c(-c2ccccn2)cccc1[Si](c1ccccc1)(c1ccccc1)c1[c-]c2c(c3sc4ccccc4c13)[Si](c1ccccc1)(c1ccccc1)c1ccccc1N2c1ccccn1. The van der Waals surface area contributed by atoms with Crippen LogP contribution in [0.3, 0.4) is 0 Å². The van der Waals surface area contributed by atoms with Crippen molar-refractivity contribution in [2.24, 2.45) is 0 Å².